The summed E-state index contributed by atoms with van der Waals surface area (Å²) in [6.07, 6.45) is 0. The quantitative estimate of drug-likeness (QED) is 0.859. The van der Waals surface area contributed by atoms with Crippen LogP contribution in [0.4, 0.5) is 5.69 Å². The zero-order valence-corrected chi connectivity index (χ0v) is 10.5. The van der Waals surface area contributed by atoms with Crippen LogP contribution < -0.4 is 19.9 Å². The van der Waals surface area contributed by atoms with Gasteiger partial charge >= 0.3 is 0 Å². The fourth-order valence-electron chi connectivity index (χ4n) is 1.98. The molecule has 0 amide bonds. The number of rotatable bonds is 3. The van der Waals surface area contributed by atoms with Crippen molar-refractivity contribution in [2.45, 2.75) is 6.61 Å². The zero-order chi connectivity index (χ0) is 13.1. The Morgan fingerprint density at radius 1 is 1.05 bits per heavy atom. The van der Waals surface area contributed by atoms with Crippen molar-refractivity contribution in [1.29, 1.82) is 0 Å². The number of ether oxygens (including phenoxy) is 3. The van der Waals surface area contributed by atoms with Crippen molar-refractivity contribution in [2.24, 2.45) is 0 Å². The summed E-state index contributed by atoms with van der Waals surface area (Å²) >= 11 is 0. The van der Waals surface area contributed by atoms with Crippen molar-refractivity contribution in [1.82, 2.24) is 0 Å². The van der Waals surface area contributed by atoms with Gasteiger partial charge in [-0.25, -0.2) is 0 Å². The van der Waals surface area contributed by atoms with Gasteiger partial charge in [0, 0.05) is 17.8 Å². The first-order chi connectivity index (χ1) is 9.33. The van der Waals surface area contributed by atoms with Crippen molar-refractivity contribution in [3.8, 4) is 17.2 Å². The minimum Gasteiger partial charge on any atom is -0.486 e. The lowest BCUT2D eigenvalue weighted by Gasteiger charge is -2.21. The van der Waals surface area contributed by atoms with E-state index >= 15 is 0 Å². The Bertz CT molecular complexity index is 569. The van der Waals surface area contributed by atoms with E-state index in [4.69, 9.17) is 19.9 Å². The second kappa shape index (κ2) is 5.10. The van der Waals surface area contributed by atoms with Gasteiger partial charge in [-0.05, 0) is 5.56 Å². The maximum atomic E-state index is 5.84. The van der Waals surface area contributed by atoms with E-state index < -0.39 is 0 Å². The lowest BCUT2D eigenvalue weighted by molar-refractivity contribution is 0.161. The molecule has 0 unspecified atom stereocenters. The Balaban J connectivity index is 1.82. The first-order valence-electron chi connectivity index (χ1n) is 6.19. The molecule has 0 spiro atoms. The average molecular weight is 257 g/mol. The number of fused-ring (bicyclic) bond motifs is 1. The number of nitrogen functional groups attached to an aromatic ring is 1. The molecule has 19 heavy (non-hydrogen) atoms. The normalized spacial score (nSPS) is 13.1. The standard InChI is InChI=1S/C15H15NO3/c16-12-8-13-15(18-7-6-17-13)14(9-12)19-10-11-4-2-1-3-5-11/h1-5,8-9H,6-7,10,16H2. The van der Waals surface area contributed by atoms with E-state index in [1.54, 1.807) is 12.1 Å². The molecule has 1 aliphatic heterocycles. The lowest BCUT2D eigenvalue weighted by atomic mass is 10.2. The monoisotopic (exact) mass is 257 g/mol. The SMILES string of the molecule is Nc1cc2c(c(OCc3ccccc3)c1)OCCO2. The molecular formula is C15H15NO3. The molecule has 98 valence electrons. The Morgan fingerprint density at radius 3 is 2.68 bits per heavy atom. The number of nitrogens with two attached hydrogens (primary N) is 1. The molecule has 3 rings (SSSR count). The molecule has 0 saturated carbocycles. The van der Waals surface area contributed by atoms with Crippen molar-refractivity contribution in [2.75, 3.05) is 18.9 Å². The van der Waals surface area contributed by atoms with Gasteiger partial charge in [0.05, 0.1) is 0 Å². The molecule has 1 heterocycles. The number of hydrogen-bond donors (Lipinski definition) is 1. The summed E-state index contributed by atoms with van der Waals surface area (Å²) in [7, 11) is 0. The van der Waals surface area contributed by atoms with Crippen LogP contribution >= 0.6 is 0 Å². The molecule has 0 bridgehead atoms. The predicted molar refractivity (Wildman–Crippen MR) is 72.6 cm³/mol. The predicted octanol–water partition coefficient (Wildman–Crippen LogP) is 2.62. The van der Waals surface area contributed by atoms with Gasteiger partial charge in [-0.15, -0.1) is 0 Å². The highest BCUT2D eigenvalue weighted by Gasteiger charge is 2.18. The van der Waals surface area contributed by atoms with Crippen LogP contribution in [0.25, 0.3) is 0 Å². The molecule has 0 aliphatic carbocycles. The van der Waals surface area contributed by atoms with Gasteiger partial charge in [0.15, 0.2) is 11.5 Å². The van der Waals surface area contributed by atoms with E-state index in [9.17, 15) is 0 Å². The van der Waals surface area contributed by atoms with Crippen LogP contribution in [-0.4, -0.2) is 13.2 Å². The molecule has 4 heteroatoms. The Kier molecular flexibility index (Phi) is 3.14. The maximum Gasteiger partial charge on any atom is 0.203 e. The fourth-order valence-corrected chi connectivity index (χ4v) is 1.98. The summed E-state index contributed by atoms with van der Waals surface area (Å²) in [6.45, 7) is 1.54. The van der Waals surface area contributed by atoms with Crippen LogP contribution in [0, 0.1) is 0 Å². The third kappa shape index (κ3) is 2.57. The van der Waals surface area contributed by atoms with Gasteiger partial charge in [-0.2, -0.15) is 0 Å². The van der Waals surface area contributed by atoms with Crippen LogP contribution in [0.2, 0.25) is 0 Å². The largest absolute Gasteiger partial charge is 0.486 e. The molecule has 0 fully saturated rings. The molecule has 2 aromatic carbocycles. The van der Waals surface area contributed by atoms with Crippen LogP contribution in [0.1, 0.15) is 5.56 Å². The van der Waals surface area contributed by atoms with Gasteiger partial charge in [0.25, 0.3) is 0 Å². The highest BCUT2D eigenvalue weighted by atomic mass is 16.6. The summed E-state index contributed by atoms with van der Waals surface area (Å²) < 4.78 is 16.9. The van der Waals surface area contributed by atoms with Crippen molar-refractivity contribution in [3.63, 3.8) is 0 Å². The molecule has 2 N–H and O–H groups in total. The summed E-state index contributed by atoms with van der Waals surface area (Å²) in [5.41, 5.74) is 7.53. The van der Waals surface area contributed by atoms with Crippen molar-refractivity contribution >= 4 is 5.69 Å². The summed E-state index contributed by atoms with van der Waals surface area (Å²) in [4.78, 5) is 0. The number of anilines is 1. The average Bonchev–Trinajstić information content (AvgIpc) is 2.45. The lowest BCUT2D eigenvalue weighted by Crippen LogP contribution is -2.16. The van der Waals surface area contributed by atoms with Crippen molar-refractivity contribution < 1.29 is 14.2 Å². The van der Waals surface area contributed by atoms with Gasteiger partial charge in [0.2, 0.25) is 5.75 Å². The smallest absolute Gasteiger partial charge is 0.203 e. The molecule has 2 aromatic rings. The van der Waals surface area contributed by atoms with E-state index in [1.807, 2.05) is 30.3 Å². The third-order valence-electron chi connectivity index (χ3n) is 2.87. The summed E-state index contributed by atoms with van der Waals surface area (Å²) in [6, 6.07) is 13.5. The van der Waals surface area contributed by atoms with Gasteiger partial charge < -0.3 is 19.9 Å². The van der Waals surface area contributed by atoms with Gasteiger partial charge in [-0.3, -0.25) is 0 Å². The molecule has 0 atom stereocenters. The summed E-state index contributed by atoms with van der Waals surface area (Å²) in [5, 5.41) is 0. The summed E-state index contributed by atoms with van der Waals surface area (Å²) in [5.74, 6) is 1.91. The highest BCUT2D eigenvalue weighted by molar-refractivity contribution is 5.61. The van der Waals surface area contributed by atoms with E-state index in [0.717, 1.165) is 5.56 Å². The molecule has 0 aromatic heterocycles. The van der Waals surface area contributed by atoms with E-state index in [-0.39, 0.29) is 0 Å². The highest BCUT2D eigenvalue weighted by Crippen LogP contribution is 2.41. The van der Waals surface area contributed by atoms with Crippen LogP contribution in [0.3, 0.4) is 0 Å². The Labute approximate surface area is 111 Å². The Hall–Kier alpha value is -2.36. The number of hydrogen-bond acceptors (Lipinski definition) is 4. The van der Waals surface area contributed by atoms with E-state index in [1.165, 1.54) is 0 Å². The molecule has 0 saturated heterocycles. The minimum absolute atomic E-state index is 0.472. The van der Waals surface area contributed by atoms with Gasteiger partial charge in [-0.1, -0.05) is 30.3 Å². The first kappa shape index (κ1) is 11.7. The second-order valence-electron chi connectivity index (χ2n) is 4.32. The second-order valence-corrected chi connectivity index (χ2v) is 4.32. The van der Waals surface area contributed by atoms with Gasteiger partial charge in [0.1, 0.15) is 19.8 Å². The van der Waals surface area contributed by atoms with E-state index in [2.05, 4.69) is 0 Å². The maximum absolute atomic E-state index is 5.84. The van der Waals surface area contributed by atoms with Crippen LogP contribution in [0.15, 0.2) is 42.5 Å². The molecule has 1 aliphatic rings. The third-order valence-corrected chi connectivity index (χ3v) is 2.87. The van der Waals surface area contributed by atoms with Crippen LogP contribution in [-0.2, 0) is 6.61 Å². The van der Waals surface area contributed by atoms with Crippen molar-refractivity contribution in [3.05, 3.63) is 48.0 Å². The Morgan fingerprint density at radius 2 is 1.84 bits per heavy atom. The molecule has 0 radical (unpaired) electrons. The zero-order valence-electron chi connectivity index (χ0n) is 10.5. The topological polar surface area (TPSA) is 53.7 Å². The van der Waals surface area contributed by atoms with Crippen LogP contribution in [0.5, 0.6) is 17.2 Å². The first-order valence-corrected chi connectivity index (χ1v) is 6.19. The minimum atomic E-state index is 0.472. The number of benzene rings is 2. The molecular weight excluding hydrogens is 242 g/mol. The molecule has 4 nitrogen and oxygen atoms in total. The fraction of sp³-hybridized carbons (Fsp3) is 0.200. The van der Waals surface area contributed by atoms with E-state index in [0.29, 0.717) is 42.8 Å².